The van der Waals surface area contributed by atoms with Gasteiger partial charge in [0.25, 0.3) is 5.91 Å². The molecule has 0 bridgehead atoms. The quantitative estimate of drug-likeness (QED) is 0.828. The molecule has 4 nitrogen and oxygen atoms in total. The molecule has 2 aliphatic heterocycles. The molecule has 1 aromatic rings. The third-order valence-electron chi connectivity index (χ3n) is 4.07. The zero-order valence-electron chi connectivity index (χ0n) is 10.3. The number of aromatic hydroxyl groups is 1. The monoisotopic (exact) mass is 246 g/mol. The number of hydrogen-bond acceptors (Lipinski definition) is 3. The zero-order valence-corrected chi connectivity index (χ0v) is 10.3. The SMILES string of the molecule is O=C(NC1CCN2CCCC12)c1ccccc1O. The fourth-order valence-electron chi connectivity index (χ4n) is 3.16. The number of phenols is 1. The summed E-state index contributed by atoms with van der Waals surface area (Å²) >= 11 is 0. The summed E-state index contributed by atoms with van der Waals surface area (Å²) in [6.07, 6.45) is 3.42. The second-order valence-corrected chi connectivity index (χ2v) is 5.13. The van der Waals surface area contributed by atoms with Crippen molar-refractivity contribution in [3.63, 3.8) is 0 Å². The second-order valence-electron chi connectivity index (χ2n) is 5.13. The van der Waals surface area contributed by atoms with Gasteiger partial charge in [0.2, 0.25) is 0 Å². The van der Waals surface area contributed by atoms with Gasteiger partial charge >= 0.3 is 0 Å². The Labute approximate surface area is 107 Å². The van der Waals surface area contributed by atoms with Gasteiger partial charge in [0.1, 0.15) is 5.75 Å². The van der Waals surface area contributed by atoms with Crippen LogP contribution in [0.2, 0.25) is 0 Å². The van der Waals surface area contributed by atoms with Crippen LogP contribution in [-0.2, 0) is 0 Å². The van der Waals surface area contributed by atoms with Crippen molar-refractivity contribution in [3.8, 4) is 5.75 Å². The van der Waals surface area contributed by atoms with Crippen LogP contribution < -0.4 is 5.32 Å². The summed E-state index contributed by atoms with van der Waals surface area (Å²) in [5.41, 5.74) is 0.369. The van der Waals surface area contributed by atoms with Crippen molar-refractivity contribution in [1.82, 2.24) is 10.2 Å². The summed E-state index contributed by atoms with van der Waals surface area (Å²) in [6.45, 7) is 2.24. The van der Waals surface area contributed by atoms with E-state index in [-0.39, 0.29) is 17.7 Å². The number of amides is 1. The normalized spacial score (nSPS) is 27.1. The van der Waals surface area contributed by atoms with E-state index in [1.165, 1.54) is 12.8 Å². The average molecular weight is 246 g/mol. The van der Waals surface area contributed by atoms with E-state index in [0.717, 1.165) is 19.5 Å². The molecule has 1 amide bonds. The summed E-state index contributed by atoms with van der Waals surface area (Å²) in [7, 11) is 0. The molecule has 96 valence electrons. The standard InChI is InChI=1S/C14H18N2O2/c17-13-6-2-1-4-10(13)14(18)15-11-7-9-16-8-3-5-12(11)16/h1-2,4,6,11-12,17H,3,5,7-9H2,(H,15,18). The van der Waals surface area contributed by atoms with Crippen LogP contribution in [0.1, 0.15) is 29.6 Å². The molecule has 2 atom stereocenters. The van der Waals surface area contributed by atoms with Crippen LogP contribution >= 0.6 is 0 Å². The molecule has 0 aromatic heterocycles. The number of hydrogen-bond donors (Lipinski definition) is 2. The summed E-state index contributed by atoms with van der Waals surface area (Å²) in [5.74, 6) is -0.108. The molecule has 2 fully saturated rings. The Morgan fingerprint density at radius 1 is 1.28 bits per heavy atom. The lowest BCUT2D eigenvalue weighted by Gasteiger charge is -2.21. The van der Waals surface area contributed by atoms with E-state index in [9.17, 15) is 9.90 Å². The van der Waals surface area contributed by atoms with Gasteiger partial charge in [-0.15, -0.1) is 0 Å². The summed E-state index contributed by atoms with van der Waals surface area (Å²) in [5, 5.41) is 12.7. The highest BCUT2D eigenvalue weighted by Crippen LogP contribution is 2.28. The summed E-state index contributed by atoms with van der Waals surface area (Å²) < 4.78 is 0. The minimum absolute atomic E-state index is 0.0521. The molecule has 2 saturated heterocycles. The van der Waals surface area contributed by atoms with Crippen molar-refractivity contribution in [2.75, 3.05) is 13.1 Å². The Hall–Kier alpha value is -1.55. The molecule has 0 saturated carbocycles. The molecule has 2 aliphatic rings. The first-order valence-corrected chi connectivity index (χ1v) is 6.58. The fourth-order valence-corrected chi connectivity index (χ4v) is 3.16. The number of phenolic OH excluding ortho intramolecular Hbond substituents is 1. The van der Waals surface area contributed by atoms with Crippen molar-refractivity contribution in [3.05, 3.63) is 29.8 Å². The Kier molecular flexibility index (Phi) is 2.96. The van der Waals surface area contributed by atoms with Gasteiger partial charge in [0.15, 0.2) is 0 Å². The Bertz CT molecular complexity index is 461. The van der Waals surface area contributed by atoms with Crippen molar-refractivity contribution < 1.29 is 9.90 Å². The lowest BCUT2D eigenvalue weighted by molar-refractivity contribution is 0.0927. The zero-order chi connectivity index (χ0) is 12.5. The van der Waals surface area contributed by atoms with E-state index in [0.29, 0.717) is 11.6 Å². The smallest absolute Gasteiger partial charge is 0.255 e. The lowest BCUT2D eigenvalue weighted by atomic mass is 10.1. The van der Waals surface area contributed by atoms with Crippen LogP contribution in [0, 0.1) is 0 Å². The number of fused-ring (bicyclic) bond motifs is 1. The van der Waals surface area contributed by atoms with Crippen molar-refractivity contribution in [2.24, 2.45) is 0 Å². The van der Waals surface area contributed by atoms with Gasteiger partial charge in [-0.2, -0.15) is 0 Å². The van der Waals surface area contributed by atoms with E-state index in [1.54, 1.807) is 24.3 Å². The molecule has 2 unspecified atom stereocenters. The first kappa shape index (κ1) is 11.5. The topological polar surface area (TPSA) is 52.6 Å². The number of nitrogens with zero attached hydrogens (tertiary/aromatic N) is 1. The van der Waals surface area contributed by atoms with Gasteiger partial charge in [-0.25, -0.2) is 0 Å². The number of benzene rings is 1. The maximum absolute atomic E-state index is 12.1. The molecular weight excluding hydrogens is 228 g/mol. The average Bonchev–Trinajstić information content (AvgIpc) is 2.94. The number of carbonyl (C=O) groups excluding carboxylic acids is 1. The van der Waals surface area contributed by atoms with E-state index in [2.05, 4.69) is 10.2 Å². The second kappa shape index (κ2) is 4.61. The Morgan fingerprint density at radius 3 is 2.94 bits per heavy atom. The minimum atomic E-state index is -0.160. The van der Waals surface area contributed by atoms with Crippen molar-refractivity contribution >= 4 is 5.91 Å². The van der Waals surface area contributed by atoms with Crippen molar-refractivity contribution in [2.45, 2.75) is 31.3 Å². The summed E-state index contributed by atoms with van der Waals surface area (Å²) in [6, 6.07) is 7.43. The van der Waals surface area contributed by atoms with Gasteiger partial charge in [-0.1, -0.05) is 12.1 Å². The van der Waals surface area contributed by atoms with E-state index in [4.69, 9.17) is 0 Å². The van der Waals surface area contributed by atoms with Crippen LogP contribution in [0.25, 0.3) is 0 Å². The van der Waals surface area contributed by atoms with E-state index < -0.39 is 0 Å². The number of rotatable bonds is 2. The van der Waals surface area contributed by atoms with Gasteiger partial charge in [0, 0.05) is 18.6 Å². The van der Waals surface area contributed by atoms with Crippen LogP contribution in [0.4, 0.5) is 0 Å². The van der Waals surface area contributed by atoms with Crippen molar-refractivity contribution in [1.29, 1.82) is 0 Å². The van der Waals surface area contributed by atoms with Gasteiger partial charge in [-0.3, -0.25) is 9.69 Å². The molecule has 0 radical (unpaired) electrons. The number of nitrogens with one attached hydrogen (secondary N) is 1. The Balaban J connectivity index is 1.70. The van der Waals surface area contributed by atoms with Crippen LogP contribution in [0.15, 0.2) is 24.3 Å². The van der Waals surface area contributed by atoms with Gasteiger partial charge in [0.05, 0.1) is 5.56 Å². The van der Waals surface area contributed by atoms with Gasteiger partial charge < -0.3 is 10.4 Å². The highest BCUT2D eigenvalue weighted by molar-refractivity contribution is 5.97. The molecule has 2 N–H and O–H groups in total. The first-order chi connectivity index (χ1) is 8.75. The molecule has 1 aromatic carbocycles. The maximum Gasteiger partial charge on any atom is 0.255 e. The minimum Gasteiger partial charge on any atom is -0.507 e. The molecule has 4 heteroatoms. The highest BCUT2D eigenvalue weighted by Gasteiger charge is 2.37. The predicted octanol–water partition coefficient (Wildman–Crippen LogP) is 1.36. The number of para-hydroxylation sites is 1. The van der Waals surface area contributed by atoms with Crippen LogP contribution in [0.3, 0.4) is 0 Å². The maximum atomic E-state index is 12.1. The molecule has 18 heavy (non-hydrogen) atoms. The third kappa shape index (κ3) is 1.97. The molecule has 2 heterocycles. The van der Waals surface area contributed by atoms with E-state index >= 15 is 0 Å². The molecule has 0 aliphatic carbocycles. The predicted molar refractivity (Wildman–Crippen MR) is 68.6 cm³/mol. The largest absolute Gasteiger partial charge is 0.507 e. The van der Waals surface area contributed by atoms with Gasteiger partial charge in [-0.05, 0) is 37.9 Å². The molecular formula is C14H18N2O2. The lowest BCUT2D eigenvalue weighted by Crippen LogP contribution is -2.42. The van der Waals surface area contributed by atoms with Crippen LogP contribution in [0.5, 0.6) is 5.75 Å². The molecule has 0 spiro atoms. The van der Waals surface area contributed by atoms with E-state index in [1.807, 2.05) is 0 Å². The number of carbonyl (C=O) groups is 1. The highest BCUT2D eigenvalue weighted by atomic mass is 16.3. The first-order valence-electron chi connectivity index (χ1n) is 6.58. The van der Waals surface area contributed by atoms with Crippen LogP contribution in [-0.4, -0.2) is 41.1 Å². The fraction of sp³-hybridized carbons (Fsp3) is 0.500. The third-order valence-corrected chi connectivity index (χ3v) is 4.07. The summed E-state index contributed by atoms with van der Waals surface area (Å²) in [4.78, 5) is 14.6. The molecule has 3 rings (SSSR count). The Morgan fingerprint density at radius 2 is 2.11 bits per heavy atom.